The Balaban J connectivity index is 1.40. The van der Waals surface area contributed by atoms with E-state index in [0.717, 1.165) is 23.2 Å². The zero-order valence-electron chi connectivity index (χ0n) is 15.7. The van der Waals surface area contributed by atoms with E-state index in [1.54, 1.807) is 24.7 Å². The molecule has 0 saturated carbocycles. The van der Waals surface area contributed by atoms with Crippen molar-refractivity contribution in [1.29, 1.82) is 0 Å². The quantitative estimate of drug-likeness (QED) is 0.434. The minimum absolute atomic E-state index is 0.0705. The monoisotopic (exact) mass is 409 g/mol. The molecule has 2 heterocycles. The summed E-state index contributed by atoms with van der Waals surface area (Å²) in [5.74, 6) is 0.429. The molecule has 0 spiro atoms. The van der Waals surface area contributed by atoms with Gasteiger partial charge in [-0.2, -0.15) is 8.42 Å². The topological polar surface area (TPSA) is 87.2 Å². The fourth-order valence-electron chi connectivity index (χ4n) is 2.84. The lowest BCUT2D eigenvalue weighted by Gasteiger charge is -2.04. The van der Waals surface area contributed by atoms with Crippen LogP contribution in [-0.4, -0.2) is 23.1 Å². The van der Waals surface area contributed by atoms with Gasteiger partial charge in [0.25, 0.3) is 5.88 Å². The van der Waals surface area contributed by atoms with E-state index < -0.39 is 10.1 Å². The van der Waals surface area contributed by atoms with Crippen molar-refractivity contribution >= 4 is 10.1 Å². The zero-order valence-corrected chi connectivity index (χ0v) is 16.5. The summed E-state index contributed by atoms with van der Waals surface area (Å²) < 4.78 is 37.0. The van der Waals surface area contributed by atoms with Gasteiger partial charge in [0.05, 0.1) is 6.33 Å². The number of aromatic nitrogens is 3. The van der Waals surface area contributed by atoms with Crippen LogP contribution in [0.2, 0.25) is 0 Å². The summed E-state index contributed by atoms with van der Waals surface area (Å²) in [4.78, 5) is 4.10. The van der Waals surface area contributed by atoms with Crippen LogP contribution in [0.4, 0.5) is 0 Å². The van der Waals surface area contributed by atoms with Crippen LogP contribution in [0.3, 0.4) is 0 Å². The molecule has 29 heavy (non-hydrogen) atoms. The number of nitrogens with zero attached hydrogens (tertiary/aromatic N) is 3. The second-order valence-corrected chi connectivity index (χ2v) is 8.26. The predicted octanol–water partition coefficient (Wildman–Crippen LogP) is 3.59. The Bertz CT molecular complexity index is 1180. The highest BCUT2D eigenvalue weighted by atomic mass is 32.2. The molecular formula is C21H19N3O4S. The summed E-state index contributed by atoms with van der Waals surface area (Å²) in [5, 5.41) is 3.72. The van der Waals surface area contributed by atoms with Crippen LogP contribution in [0.1, 0.15) is 22.5 Å². The summed E-state index contributed by atoms with van der Waals surface area (Å²) in [7, 11) is -3.95. The summed E-state index contributed by atoms with van der Waals surface area (Å²) in [6.45, 7) is 2.63. The van der Waals surface area contributed by atoms with E-state index in [2.05, 4.69) is 10.1 Å². The molecular weight excluding hydrogens is 390 g/mol. The van der Waals surface area contributed by atoms with E-state index in [4.69, 9.17) is 8.71 Å². The van der Waals surface area contributed by atoms with Crippen molar-refractivity contribution in [3.63, 3.8) is 0 Å². The Kier molecular flexibility index (Phi) is 5.18. The Morgan fingerprint density at radius 1 is 1.03 bits per heavy atom. The van der Waals surface area contributed by atoms with Gasteiger partial charge in [-0.1, -0.05) is 42.0 Å². The first kappa shape index (κ1) is 18.9. The maximum atomic E-state index is 12.3. The highest BCUT2D eigenvalue weighted by molar-refractivity contribution is 7.87. The molecule has 148 valence electrons. The average molecular weight is 409 g/mol. The molecule has 2 aromatic carbocycles. The normalized spacial score (nSPS) is 11.5. The van der Waals surface area contributed by atoms with E-state index in [9.17, 15) is 8.42 Å². The maximum absolute atomic E-state index is 12.3. The number of rotatable bonds is 7. The van der Waals surface area contributed by atoms with Gasteiger partial charge >= 0.3 is 10.1 Å². The van der Waals surface area contributed by atoms with Gasteiger partial charge < -0.3 is 13.3 Å². The number of imidazole rings is 1. The molecule has 0 fully saturated rings. The van der Waals surface area contributed by atoms with Gasteiger partial charge in [-0.15, -0.1) is 0 Å². The lowest BCUT2D eigenvalue weighted by Crippen LogP contribution is -2.09. The van der Waals surface area contributed by atoms with Crippen LogP contribution < -0.4 is 4.18 Å². The standard InChI is InChI=1S/C21H19N3O4S/c1-16-2-8-20(9-3-16)29(25,26)28-21-13-19(27-23-21)12-17-4-6-18(7-5-17)14-24-11-10-22-15-24/h2-11,13,15H,12,14H2,1H3. The fraction of sp³-hybridized carbons (Fsp3) is 0.143. The molecule has 0 radical (unpaired) electrons. The molecule has 0 aliphatic heterocycles. The van der Waals surface area contributed by atoms with Crippen molar-refractivity contribution < 1.29 is 17.1 Å². The number of hydrogen-bond donors (Lipinski definition) is 0. The van der Waals surface area contributed by atoms with Crippen LogP contribution in [0.5, 0.6) is 5.88 Å². The van der Waals surface area contributed by atoms with Crippen molar-refractivity contribution in [3.8, 4) is 5.88 Å². The van der Waals surface area contributed by atoms with Crippen LogP contribution >= 0.6 is 0 Å². The van der Waals surface area contributed by atoms with E-state index in [-0.39, 0.29) is 10.8 Å². The van der Waals surface area contributed by atoms with Crippen molar-refractivity contribution in [2.45, 2.75) is 24.8 Å². The van der Waals surface area contributed by atoms with E-state index in [1.807, 2.05) is 42.0 Å². The Hall–Kier alpha value is -3.39. The Morgan fingerprint density at radius 3 is 2.45 bits per heavy atom. The Labute approximate surface area is 168 Å². The SMILES string of the molecule is Cc1ccc(S(=O)(=O)Oc2cc(Cc3ccc(Cn4ccnc4)cc3)on2)cc1. The van der Waals surface area contributed by atoms with Crippen molar-refractivity contribution in [2.24, 2.45) is 0 Å². The Morgan fingerprint density at radius 2 is 1.76 bits per heavy atom. The number of hydrogen-bond acceptors (Lipinski definition) is 6. The summed E-state index contributed by atoms with van der Waals surface area (Å²) in [6, 6.07) is 16.0. The molecule has 8 heteroatoms. The van der Waals surface area contributed by atoms with Crippen LogP contribution in [0.25, 0.3) is 0 Å². The van der Waals surface area contributed by atoms with Crippen molar-refractivity contribution in [1.82, 2.24) is 14.7 Å². The van der Waals surface area contributed by atoms with Crippen LogP contribution in [0.15, 0.2) is 82.7 Å². The molecule has 2 aromatic heterocycles. The lowest BCUT2D eigenvalue weighted by molar-refractivity contribution is 0.363. The molecule has 0 unspecified atom stereocenters. The third-order valence-corrected chi connectivity index (χ3v) is 5.61. The molecule has 0 saturated heterocycles. The molecule has 0 aliphatic carbocycles. The van der Waals surface area contributed by atoms with Gasteiger partial charge in [0, 0.05) is 31.4 Å². The second-order valence-electron chi connectivity index (χ2n) is 6.71. The third-order valence-electron chi connectivity index (χ3n) is 4.37. The molecule has 0 aliphatic rings. The highest BCUT2D eigenvalue weighted by Crippen LogP contribution is 2.21. The van der Waals surface area contributed by atoms with Crippen molar-refractivity contribution in [3.05, 3.63) is 95.8 Å². The van der Waals surface area contributed by atoms with Gasteiger partial charge in [0.1, 0.15) is 10.7 Å². The van der Waals surface area contributed by atoms with E-state index in [0.29, 0.717) is 12.2 Å². The molecule has 4 rings (SSSR count). The van der Waals surface area contributed by atoms with E-state index >= 15 is 0 Å². The highest BCUT2D eigenvalue weighted by Gasteiger charge is 2.19. The number of aryl methyl sites for hydroxylation is 1. The minimum Gasteiger partial charge on any atom is -0.357 e. The van der Waals surface area contributed by atoms with Crippen LogP contribution in [0, 0.1) is 6.92 Å². The van der Waals surface area contributed by atoms with Gasteiger partial charge in [-0.3, -0.25) is 0 Å². The van der Waals surface area contributed by atoms with Gasteiger partial charge in [0.2, 0.25) is 0 Å². The average Bonchev–Trinajstić information content (AvgIpc) is 3.35. The van der Waals surface area contributed by atoms with Gasteiger partial charge in [0.15, 0.2) is 0 Å². The molecule has 0 atom stereocenters. The molecule has 4 aromatic rings. The third kappa shape index (κ3) is 4.72. The summed E-state index contributed by atoms with van der Waals surface area (Å²) >= 11 is 0. The summed E-state index contributed by atoms with van der Waals surface area (Å²) in [6.07, 6.45) is 5.91. The maximum Gasteiger partial charge on any atom is 0.340 e. The molecule has 0 bridgehead atoms. The predicted molar refractivity (Wildman–Crippen MR) is 106 cm³/mol. The smallest absolute Gasteiger partial charge is 0.340 e. The fourth-order valence-corrected chi connectivity index (χ4v) is 3.71. The minimum atomic E-state index is -3.95. The lowest BCUT2D eigenvalue weighted by atomic mass is 10.1. The van der Waals surface area contributed by atoms with Crippen LogP contribution in [-0.2, 0) is 23.1 Å². The second kappa shape index (κ2) is 7.92. The van der Waals surface area contributed by atoms with Gasteiger partial charge in [-0.05, 0) is 35.3 Å². The zero-order chi connectivity index (χ0) is 20.3. The number of benzene rings is 2. The largest absolute Gasteiger partial charge is 0.357 e. The first-order valence-electron chi connectivity index (χ1n) is 8.98. The summed E-state index contributed by atoms with van der Waals surface area (Å²) in [5.41, 5.74) is 3.13. The first-order chi connectivity index (χ1) is 14.0. The molecule has 0 amide bonds. The van der Waals surface area contributed by atoms with E-state index in [1.165, 1.54) is 18.2 Å². The molecule has 7 nitrogen and oxygen atoms in total. The molecule has 0 N–H and O–H groups in total. The van der Waals surface area contributed by atoms with Gasteiger partial charge in [-0.25, -0.2) is 4.98 Å². The first-order valence-corrected chi connectivity index (χ1v) is 10.4. The van der Waals surface area contributed by atoms with Crippen molar-refractivity contribution in [2.75, 3.05) is 0 Å².